The van der Waals surface area contributed by atoms with Crippen LogP contribution < -0.4 is 0 Å². The van der Waals surface area contributed by atoms with E-state index in [1.807, 2.05) is 0 Å². The number of aromatic hydroxyl groups is 1. The molecule has 0 amide bonds. The Hall–Kier alpha value is 0.01000. The minimum atomic E-state index is 0. The zero-order valence-electron chi connectivity index (χ0n) is 5.42. The largest absolute Gasteiger partial charge is 0.506 e. The standard InChI is InChI=1S/C6H5BrClNO.ClH/c7-4-1-6(10)5(2-8)9-3-4;/h1,3,10H,2H2;1H. The van der Waals surface area contributed by atoms with E-state index >= 15 is 0 Å². The van der Waals surface area contributed by atoms with Crippen LogP contribution in [0.2, 0.25) is 0 Å². The lowest BCUT2D eigenvalue weighted by atomic mass is 10.3. The fraction of sp³-hybridized carbons (Fsp3) is 0.167. The fourth-order valence-electron chi connectivity index (χ4n) is 0.560. The van der Waals surface area contributed by atoms with Gasteiger partial charge in [0, 0.05) is 10.7 Å². The highest BCUT2D eigenvalue weighted by Gasteiger charge is 1.99. The van der Waals surface area contributed by atoms with Gasteiger partial charge in [-0.2, -0.15) is 0 Å². The van der Waals surface area contributed by atoms with E-state index in [0.717, 1.165) is 4.47 Å². The third-order valence-electron chi connectivity index (χ3n) is 1.04. The van der Waals surface area contributed by atoms with Gasteiger partial charge >= 0.3 is 0 Å². The van der Waals surface area contributed by atoms with Crippen LogP contribution >= 0.6 is 39.9 Å². The van der Waals surface area contributed by atoms with Crippen molar-refractivity contribution in [3.05, 3.63) is 22.4 Å². The first-order valence-corrected chi connectivity index (χ1v) is 3.96. The quantitative estimate of drug-likeness (QED) is 0.786. The van der Waals surface area contributed by atoms with Crippen molar-refractivity contribution in [3.63, 3.8) is 0 Å². The van der Waals surface area contributed by atoms with Gasteiger partial charge in [0.25, 0.3) is 0 Å². The molecule has 0 bridgehead atoms. The van der Waals surface area contributed by atoms with Gasteiger partial charge in [-0.3, -0.25) is 4.98 Å². The van der Waals surface area contributed by atoms with E-state index in [2.05, 4.69) is 20.9 Å². The van der Waals surface area contributed by atoms with Crippen LogP contribution in [0.4, 0.5) is 0 Å². The van der Waals surface area contributed by atoms with Gasteiger partial charge < -0.3 is 5.11 Å². The Kier molecular flexibility index (Phi) is 4.81. The first kappa shape index (κ1) is 11.0. The molecule has 0 aromatic carbocycles. The zero-order valence-corrected chi connectivity index (χ0v) is 8.58. The molecule has 0 aliphatic carbocycles. The number of hydrogen-bond donors (Lipinski definition) is 1. The van der Waals surface area contributed by atoms with Crippen LogP contribution in [-0.2, 0) is 5.88 Å². The topological polar surface area (TPSA) is 33.1 Å². The molecule has 0 saturated carbocycles. The van der Waals surface area contributed by atoms with E-state index in [1.165, 1.54) is 0 Å². The second kappa shape index (κ2) is 4.80. The lowest BCUT2D eigenvalue weighted by Gasteiger charge is -1.97. The predicted molar refractivity (Wildman–Crippen MR) is 50.4 cm³/mol. The summed E-state index contributed by atoms with van der Waals surface area (Å²) in [6.07, 6.45) is 1.59. The van der Waals surface area contributed by atoms with E-state index in [9.17, 15) is 0 Å². The molecule has 1 aromatic rings. The molecule has 1 N–H and O–H groups in total. The maximum atomic E-state index is 9.11. The minimum absolute atomic E-state index is 0. The Bertz CT molecular complexity index is 244. The van der Waals surface area contributed by atoms with Crippen LogP contribution in [0.25, 0.3) is 0 Å². The summed E-state index contributed by atoms with van der Waals surface area (Å²) in [7, 11) is 0. The van der Waals surface area contributed by atoms with Crippen LogP contribution in [0.3, 0.4) is 0 Å². The molecular formula is C6H6BrCl2NO. The molecular weight excluding hydrogens is 253 g/mol. The van der Waals surface area contributed by atoms with E-state index < -0.39 is 0 Å². The van der Waals surface area contributed by atoms with E-state index in [0.29, 0.717) is 5.69 Å². The number of rotatable bonds is 1. The molecule has 0 saturated heterocycles. The molecule has 2 nitrogen and oxygen atoms in total. The third-order valence-corrected chi connectivity index (χ3v) is 1.73. The van der Waals surface area contributed by atoms with Crippen molar-refractivity contribution >= 4 is 39.9 Å². The lowest BCUT2D eigenvalue weighted by Crippen LogP contribution is -1.84. The Balaban J connectivity index is 0.000001000. The molecule has 11 heavy (non-hydrogen) atoms. The minimum Gasteiger partial charge on any atom is -0.506 e. The Labute approximate surface area is 84.1 Å². The lowest BCUT2D eigenvalue weighted by molar-refractivity contribution is 0.466. The number of nitrogens with zero attached hydrogens (tertiary/aromatic N) is 1. The number of alkyl halides is 1. The molecule has 5 heteroatoms. The second-order valence-electron chi connectivity index (χ2n) is 1.75. The number of aromatic nitrogens is 1. The summed E-state index contributed by atoms with van der Waals surface area (Å²) in [6.45, 7) is 0. The van der Waals surface area contributed by atoms with Gasteiger partial charge in [0.1, 0.15) is 5.75 Å². The van der Waals surface area contributed by atoms with Gasteiger partial charge in [0.05, 0.1) is 11.6 Å². The van der Waals surface area contributed by atoms with Crippen LogP contribution in [0.5, 0.6) is 5.75 Å². The summed E-state index contributed by atoms with van der Waals surface area (Å²) in [4.78, 5) is 3.87. The van der Waals surface area contributed by atoms with Gasteiger partial charge in [-0.1, -0.05) is 0 Å². The Morgan fingerprint density at radius 1 is 1.64 bits per heavy atom. The maximum Gasteiger partial charge on any atom is 0.139 e. The number of halogens is 3. The highest BCUT2D eigenvalue weighted by molar-refractivity contribution is 9.10. The van der Waals surface area contributed by atoms with Crippen molar-refractivity contribution < 1.29 is 5.11 Å². The predicted octanol–water partition coefficient (Wildman–Crippen LogP) is 2.71. The highest BCUT2D eigenvalue weighted by Crippen LogP contribution is 2.20. The maximum absolute atomic E-state index is 9.11. The van der Waals surface area contributed by atoms with Gasteiger partial charge in [0.2, 0.25) is 0 Å². The van der Waals surface area contributed by atoms with Crippen LogP contribution in [0.1, 0.15) is 5.69 Å². The van der Waals surface area contributed by atoms with Crippen LogP contribution in [-0.4, -0.2) is 10.1 Å². The molecule has 1 rings (SSSR count). The van der Waals surface area contributed by atoms with Crippen molar-refractivity contribution in [1.82, 2.24) is 4.98 Å². The van der Waals surface area contributed by atoms with Gasteiger partial charge in [-0.25, -0.2) is 0 Å². The normalized spacial score (nSPS) is 8.91. The molecule has 0 aliphatic heterocycles. The summed E-state index contributed by atoms with van der Waals surface area (Å²) >= 11 is 8.61. The van der Waals surface area contributed by atoms with Gasteiger partial charge in [0.15, 0.2) is 0 Å². The molecule has 0 fully saturated rings. The zero-order chi connectivity index (χ0) is 7.56. The van der Waals surface area contributed by atoms with Crippen LogP contribution in [0.15, 0.2) is 16.7 Å². The van der Waals surface area contributed by atoms with Crippen molar-refractivity contribution in [1.29, 1.82) is 0 Å². The highest BCUT2D eigenvalue weighted by atomic mass is 79.9. The molecule has 0 atom stereocenters. The first-order chi connectivity index (χ1) is 4.74. The number of hydrogen-bond acceptors (Lipinski definition) is 2. The van der Waals surface area contributed by atoms with Crippen molar-refractivity contribution in [3.8, 4) is 5.75 Å². The van der Waals surface area contributed by atoms with Crippen molar-refractivity contribution in [2.75, 3.05) is 0 Å². The molecule has 0 radical (unpaired) electrons. The monoisotopic (exact) mass is 257 g/mol. The Morgan fingerprint density at radius 2 is 2.27 bits per heavy atom. The molecule has 1 heterocycles. The van der Waals surface area contributed by atoms with Crippen molar-refractivity contribution in [2.24, 2.45) is 0 Å². The number of pyridine rings is 1. The summed E-state index contributed by atoms with van der Waals surface area (Å²) in [5, 5.41) is 9.11. The van der Waals surface area contributed by atoms with E-state index in [4.69, 9.17) is 16.7 Å². The second-order valence-corrected chi connectivity index (χ2v) is 2.94. The van der Waals surface area contributed by atoms with Gasteiger partial charge in [-0.15, -0.1) is 24.0 Å². The summed E-state index contributed by atoms with van der Waals surface area (Å²) in [5.74, 6) is 0.364. The van der Waals surface area contributed by atoms with Gasteiger partial charge in [-0.05, 0) is 22.0 Å². The first-order valence-electron chi connectivity index (χ1n) is 2.63. The fourth-order valence-corrected chi connectivity index (χ4v) is 1.08. The van der Waals surface area contributed by atoms with Crippen molar-refractivity contribution in [2.45, 2.75) is 5.88 Å². The average Bonchev–Trinajstić information content (AvgIpc) is 1.88. The van der Waals surface area contributed by atoms with Crippen LogP contribution in [0, 0.1) is 0 Å². The third kappa shape index (κ3) is 2.85. The molecule has 0 aliphatic rings. The average molecular weight is 259 g/mol. The molecule has 0 unspecified atom stereocenters. The molecule has 1 aromatic heterocycles. The molecule has 62 valence electrons. The Morgan fingerprint density at radius 3 is 2.73 bits per heavy atom. The summed E-state index contributed by atoms with van der Waals surface area (Å²) in [6, 6.07) is 1.56. The summed E-state index contributed by atoms with van der Waals surface area (Å²) in [5.41, 5.74) is 0.505. The van der Waals surface area contributed by atoms with E-state index in [-0.39, 0.29) is 24.0 Å². The smallest absolute Gasteiger partial charge is 0.139 e. The molecule has 0 spiro atoms. The SMILES string of the molecule is Cl.Oc1cc(Br)cnc1CCl. The summed E-state index contributed by atoms with van der Waals surface area (Å²) < 4.78 is 0.749. The van der Waals surface area contributed by atoms with E-state index in [1.54, 1.807) is 12.3 Å².